The molecule has 0 saturated heterocycles. The lowest BCUT2D eigenvalue weighted by Crippen LogP contribution is -2.40. The highest BCUT2D eigenvalue weighted by molar-refractivity contribution is 6.89. The number of carbonyl (C=O) groups excluding carboxylic acids is 1. The molecule has 5 heteroatoms. The summed E-state index contributed by atoms with van der Waals surface area (Å²) in [4.78, 5) is 23.8. The Labute approximate surface area is 147 Å². The molecule has 3 rings (SSSR count). The van der Waals surface area contributed by atoms with Crippen molar-refractivity contribution in [2.24, 2.45) is 0 Å². The quantitative estimate of drug-likeness (QED) is 0.399. The molecule has 0 radical (unpaired) electrons. The Bertz CT molecular complexity index is 944. The van der Waals surface area contributed by atoms with Crippen molar-refractivity contribution >= 4 is 24.7 Å². The Morgan fingerprint density at radius 3 is 2.32 bits per heavy atom. The van der Waals surface area contributed by atoms with Gasteiger partial charge in [0.15, 0.2) is 5.78 Å². The van der Waals surface area contributed by atoms with Gasteiger partial charge in [-0.25, -0.2) is 0 Å². The molecule has 0 bridgehead atoms. The number of rotatable bonds is 2. The highest BCUT2D eigenvalue weighted by Gasteiger charge is 2.32. The molecule has 124 valence electrons. The molecular weight excluding hydrogens is 330 g/mol. The van der Waals surface area contributed by atoms with Crippen LogP contribution in [0.4, 0.5) is 5.69 Å². The molecule has 0 spiro atoms. The number of nitro groups is 1. The summed E-state index contributed by atoms with van der Waals surface area (Å²) < 4.78 is 0. The zero-order valence-electron chi connectivity index (χ0n) is 14.3. The van der Waals surface area contributed by atoms with Crippen molar-refractivity contribution in [3.05, 3.63) is 81.9 Å². The maximum absolute atomic E-state index is 13.0. The largest absolute Gasteiger partial charge is 0.289 e. The number of hydrogen-bond donors (Lipinski definition) is 0. The summed E-state index contributed by atoms with van der Waals surface area (Å²) in [5, 5.41) is 12.1. The van der Waals surface area contributed by atoms with Crippen LogP contribution in [0.15, 0.2) is 48.5 Å². The minimum Gasteiger partial charge on any atom is -0.289 e. The van der Waals surface area contributed by atoms with Gasteiger partial charge in [-0.1, -0.05) is 62.1 Å². The Kier molecular flexibility index (Phi) is 4.15. The lowest BCUT2D eigenvalue weighted by molar-refractivity contribution is -0.384. The van der Waals surface area contributed by atoms with Crippen LogP contribution in [0, 0.1) is 22.2 Å². The molecule has 0 amide bonds. The van der Waals surface area contributed by atoms with E-state index in [1.807, 2.05) is 24.3 Å². The third kappa shape index (κ3) is 3.04. The standard InChI is InChI=1S/C20H17NO3Si/c1-25(2,3)18-13-12-14(21(23)24)8-4-5-10-16-15-9-6-7-11-17(15)20(22)19(16)18/h4,6-9,11-13H,1-3H3. The monoisotopic (exact) mass is 347 g/mol. The van der Waals surface area contributed by atoms with Gasteiger partial charge in [0.1, 0.15) is 0 Å². The summed E-state index contributed by atoms with van der Waals surface area (Å²) in [5.74, 6) is -0.0471. The molecule has 0 saturated carbocycles. The summed E-state index contributed by atoms with van der Waals surface area (Å²) in [7, 11) is -1.96. The molecule has 1 aliphatic carbocycles. The van der Waals surface area contributed by atoms with Crippen LogP contribution in [0.2, 0.25) is 19.6 Å². The summed E-state index contributed by atoms with van der Waals surface area (Å²) in [6, 6.07) is 19.4. The molecule has 1 aliphatic rings. The fourth-order valence-corrected chi connectivity index (χ4v) is 4.54. The first kappa shape index (κ1) is 16.9. The zero-order chi connectivity index (χ0) is 18.2. The molecule has 0 atom stereocenters. The van der Waals surface area contributed by atoms with Gasteiger partial charge in [-0.3, -0.25) is 14.9 Å². The molecular formula is C20H17NO3Si. The van der Waals surface area contributed by atoms with E-state index in [0.717, 1.165) is 16.3 Å². The van der Waals surface area contributed by atoms with Gasteiger partial charge in [-0.2, -0.15) is 0 Å². The molecule has 0 aliphatic heterocycles. The van der Waals surface area contributed by atoms with E-state index in [9.17, 15) is 14.9 Å². The van der Waals surface area contributed by atoms with Crippen LogP contribution in [0.1, 0.15) is 15.9 Å². The summed E-state index contributed by atoms with van der Waals surface area (Å²) in [6.45, 7) is 6.36. The maximum atomic E-state index is 13.0. The molecule has 0 fully saturated rings. The first-order valence-corrected chi connectivity index (χ1v) is 11.4. The first-order chi connectivity index (χ1) is 11.8. The maximum Gasteiger partial charge on any atom is 0.270 e. The van der Waals surface area contributed by atoms with Crippen LogP contribution in [0.25, 0.3) is 11.1 Å². The highest BCUT2D eigenvalue weighted by atomic mass is 28.3. The Morgan fingerprint density at radius 2 is 1.68 bits per heavy atom. The van der Waals surface area contributed by atoms with Crippen LogP contribution in [-0.4, -0.2) is 18.8 Å². The van der Waals surface area contributed by atoms with Gasteiger partial charge in [0.25, 0.3) is 5.69 Å². The van der Waals surface area contributed by atoms with Crippen LogP contribution < -0.4 is 5.19 Å². The molecule has 0 aromatic heterocycles. The predicted octanol–water partition coefficient (Wildman–Crippen LogP) is 4.08. The number of fused-ring (bicyclic) bond motifs is 3. The van der Waals surface area contributed by atoms with Gasteiger partial charge in [-0.05, 0) is 11.3 Å². The summed E-state index contributed by atoms with van der Waals surface area (Å²) in [6.07, 6.45) is 0. The second-order valence-electron chi connectivity index (χ2n) is 6.91. The van der Waals surface area contributed by atoms with Crippen molar-refractivity contribution in [2.75, 3.05) is 0 Å². The third-order valence-electron chi connectivity index (χ3n) is 4.16. The minimum absolute atomic E-state index is 0.0444. The second kappa shape index (κ2) is 6.15. The van der Waals surface area contributed by atoms with E-state index in [4.69, 9.17) is 0 Å². The van der Waals surface area contributed by atoms with Crippen molar-refractivity contribution in [1.29, 1.82) is 0 Å². The average Bonchev–Trinajstić information content (AvgIpc) is 2.82. The molecule has 4 nitrogen and oxygen atoms in total. The van der Waals surface area contributed by atoms with Gasteiger partial charge >= 0.3 is 0 Å². The normalized spacial score (nSPS) is 11.9. The van der Waals surface area contributed by atoms with Crippen LogP contribution in [0.5, 0.6) is 0 Å². The SMILES string of the molecule is C[Si](C)(C)c1ccc([N+](=O)[O-])ccc#cc2c1C(=O)c1ccccc1-2. The minimum atomic E-state index is -1.96. The third-order valence-corrected chi connectivity index (χ3v) is 6.19. The number of nitrogens with zero attached hydrogens (tertiary/aromatic N) is 1. The first-order valence-electron chi connectivity index (χ1n) is 7.94. The number of hydrogen-bond acceptors (Lipinski definition) is 3. The second-order valence-corrected chi connectivity index (χ2v) is 11.9. The van der Waals surface area contributed by atoms with Gasteiger partial charge in [0.2, 0.25) is 0 Å². The zero-order valence-corrected chi connectivity index (χ0v) is 15.3. The number of benzene rings is 1. The van der Waals surface area contributed by atoms with E-state index in [2.05, 4.69) is 31.8 Å². The Morgan fingerprint density at radius 1 is 1.00 bits per heavy atom. The van der Waals surface area contributed by atoms with E-state index >= 15 is 0 Å². The average molecular weight is 347 g/mol. The lowest BCUT2D eigenvalue weighted by atomic mass is 10.1. The van der Waals surface area contributed by atoms with Crippen LogP contribution in [-0.2, 0) is 0 Å². The molecule has 2 aromatic carbocycles. The Balaban J connectivity index is 2.45. The van der Waals surface area contributed by atoms with Crippen LogP contribution >= 0.6 is 0 Å². The molecule has 0 heterocycles. The molecule has 25 heavy (non-hydrogen) atoms. The van der Waals surface area contributed by atoms with Crippen molar-refractivity contribution in [3.8, 4) is 11.1 Å². The number of carbonyl (C=O) groups is 1. The topological polar surface area (TPSA) is 60.2 Å². The predicted molar refractivity (Wildman–Crippen MR) is 100 cm³/mol. The van der Waals surface area contributed by atoms with Crippen molar-refractivity contribution < 1.29 is 9.72 Å². The highest BCUT2D eigenvalue weighted by Crippen LogP contribution is 2.34. The Hall–Kier alpha value is -2.97. The van der Waals surface area contributed by atoms with E-state index in [0.29, 0.717) is 11.1 Å². The van der Waals surface area contributed by atoms with Gasteiger partial charge in [0.05, 0.1) is 13.0 Å². The van der Waals surface area contributed by atoms with Gasteiger partial charge < -0.3 is 0 Å². The van der Waals surface area contributed by atoms with Crippen molar-refractivity contribution in [3.63, 3.8) is 0 Å². The molecule has 0 N–H and O–H groups in total. The lowest BCUT2D eigenvalue weighted by Gasteiger charge is -2.18. The van der Waals surface area contributed by atoms with E-state index < -0.39 is 13.0 Å². The van der Waals surface area contributed by atoms with E-state index in [1.165, 1.54) is 18.2 Å². The fourth-order valence-electron chi connectivity index (χ4n) is 2.96. The summed E-state index contributed by atoms with van der Waals surface area (Å²) in [5.41, 5.74) is 2.76. The smallest absolute Gasteiger partial charge is 0.270 e. The van der Waals surface area contributed by atoms with E-state index in [1.54, 1.807) is 6.07 Å². The van der Waals surface area contributed by atoms with E-state index in [-0.39, 0.29) is 11.5 Å². The van der Waals surface area contributed by atoms with Crippen molar-refractivity contribution in [1.82, 2.24) is 0 Å². The van der Waals surface area contributed by atoms with Crippen molar-refractivity contribution in [2.45, 2.75) is 19.6 Å². The summed E-state index contributed by atoms with van der Waals surface area (Å²) >= 11 is 0. The fraction of sp³-hybridized carbons (Fsp3) is 0.150. The molecule has 0 unspecified atom stereocenters. The molecule has 2 aromatic rings. The van der Waals surface area contributed by atoms with Crippen LogP contribution in [0.3, 0.4) is 0 Å². The number of ketones is 1. The van der Waals surface area contributed by atoms with Gasteiger partial charge in [-0.15, -0.1) is 0 Å². The van der Waals surface area contributed by atoms with Gasteiger partial charge in [0, 0.05) is 34.4 Å².